The summed E-state index contributed by atoms with van der Waals surface area (Å²) in [6, 6.07) is 14.7. The van der Waals surface area contributed by atoms with Gasteiger partial charge in [0, 0.05) is 42.7 Å². The van der Waals surface area contributed by atoms with Crippen molar-refractivity contribution in [2.75, 3.05) is 46.5 Å². The van der Waals surface area contributed by atoms with E-state index in [1.54, 1.807) is 36.3 Å². The first kappa shape index (κ1) is 20.7. The van der Waals surface area contributed by atoms with Crippen molar-refractivity contribution < 1.29 is 19.1 Å². The third kappa shape index (κ3) is 4.30. The summed E-state index contributed by atoms with van der Waals surface area (Å²) in [4.78, 5) is 30.1. The molecule has 6 nitrogen and oxygen atoms in total. The monoisotopic (exact) mass is 428 g/mol. The van der Waals surface area contributed by atoms with Crippen molar-refractivity contribution in [2.45, 2.75) is 5.92 Å². The SMILES string of the molecule is COc1ccc([C@@H]2CN(C(=O)c3cccc(Cl)c3)C[C@H]2C(=O)N2CCOCC2)cc1. The van der Waals surface area contributed by atoms with E-state index in [2.05, 4.69) is 0 Å². The van der Waals surface area contributed by atoms with Gasteiger partial charge in [0.25, 0.3) is 5.91 Å². The van der Waals surface area contributed by atoms with Crippen LogP contribution in [0.3, 0.4) is 0 Å². The molecule has 0 saturated carbocycles. The van der Waals surface area contributed by atoms with Gasteiger partial charge in [-0.3, -0.25) is 9.59 Å². The van der Waals surface area contributed by atoms with E-state index < -0.39 is 0 Å². The van der Waals surface area contributed by atoms with Gasteiger partial charge in [0.1, 0.15) is 5.75 Å². The summed E-state index contributed by atoms with van der Waals surface area (Å²) in [5.41, 5.74) is 1.57. The molecular formula is C23H25ClN2O4. The number of halogens is 1. The zero-order chi connectivity index (χ0) is 21.1. The molecule has 30 heavy (non-hydrogen) atoms. The largest absolute Gasteiger partial charge is 0.497 e. The maximum Gasteiger partial charge on any atom is 0.253 e. The number of hydrogen-bond acceptors (Lipinski definition) is 4. The lowest BCUT2D eigenvalue weighted by molar-refractivity contribution is -0.139. The van der Waals surface area contributed by atoms with Gasteiger partial charge in [-0.1, -0.05) is 29.8 Å². The number of likely N-dealkylation sites (tertiary alicyclic amines) is 1. The minimum Gasteiger partial charge on any atom is -0.497 e. The number of rotatable bonds is 4. The Morgan fingerprint density at radius 2 is 1.77 bits per heavy atom. The molecule has 0 aromatic heterocycles. The predicted molar refractivity (Wildman–Crippen MR) is 114 cm³/mol. The van der Waals surface area contributed by atoms with E-state index in [1.165, 1.54) is 0 Å². The molecule has 2 aromatic carbocycles. The van der Waals surface area contributed by atoms with Crippen molar-refractivity contribution in [3.05, 3.63) is 64.7 Å². The van der Waals surface area contributed by atoms with Crippen LogP contribution in [-0.4, -0.2) is 68.1 Å². The second-order valence-electron chi connectivity index (χ2n) is 7.64. The normalized spacial score (nSPS) is 21.5. The lowest BCUT2D eigenvalue weighted by atomic mass is 9.88. The van der Waals surface area contributed by atoms with Crippen LogP contribution in [0.4, 0.5) is 0 Å². The number of methoxy groups -OCH3 is 1. The van der Waals surface area contributed by atoms with Crippen LogP contribution in [0.25, 0.3) is 0 Å². The average molecular weight is 429 g/mol. The molecule has 2 aromatic rings. The second kappa shape index (κ2) is 9.06. The van der Waals surface area contributed by atoms with Crippen LogP contribution in [0.2, 0.25) is 5.02 Å². The van der Waals surface area contributed by atoms with Crippen LogP contribution in [-0.2, 0) is 9.53 Å². The molecule has 0 N–H and O–H groups in total. The van der Waals surface area contributed by atoms with Gasteiger partial charge in [0.15, 0.2) is 0 Å². The first-order chi connectivity index (χ1) is 14.6. The molecule has 2 heterocycles. The highest BCUT2D eigenvalue weighted by Crippen LogP contribution is 2.36. The van der Waals surface area contributed by atoms with Gasteiger partial charge in [0.05, 0.1) is 26.2 Å². The first-order valence-corrected chi connectivity index (χ1v) is 10.5. The number of nitrogens with zero attached hydrogens (tertiary/aromatic N) is 2. The molecule has 0 unspecified atom stereocenters. The van der Waals surface area contributed by atoms with E-state index in [1.807, 2.05) is 29.2 Å². The zero-order valence-electron chi connectivity index (χ0n) is 16.9. The van der Waals surface area contributed by atoms with Crippen LogP contribution in [0.15, 0.2) is 48.5 Å². The van der Waals surface area contributed by atoms with Gasteiger partial charge in [0.2, 0.25) is 5.91 Å². The third-order valence-corrected chi connectivity index (χ3v) is 6.10. The maximum atomic E-state index is 13.4. The standard InChI is InChI=1S/C23H25ClN2O4/c1-29-19-7-5-16(6-8-19)20-14-26(22(27)17-3-2-4-18(24)13-17)15-21(20)23(28)25-9-11-30-12-10-25/h2-8,13,20-21H,9-12,14-15H2,1H3/t20-,21+/m0/s1. The van der Waals surface area contributed by atoms with Crippen LogP contribution < -0.4 is 4.74 Å². The minimum absolute atomic E-state index is 0.0746. The quantitative estimate of drug-likeness (QED) is 0.751. The summed E-state index contributed by atoms with van der Waals surface area (Å²) >= 11 is 6.07. The van der Waals surface area contributed by atoms with Crippen molar-refractivity contribution in [3.63, 3.8) is 0 Å². The van der Waals surface area contributed by atoms with E-state index >= 15 is 0 Å². The molecule has 158 valence electrons. The highest BCUT2D eigenvalue weighted by atomic mass is 35.5. The molecule has 4 rings (SSSR count). The van der Waals surface area contributed by atoms with Crippen molar-refractivity contribution in [3.8, 4) is 5.75 Å². The van der Waals surface area contributed by atoms with E-state index in [0.29, 0.717) is 50.0 Å². The summed E-state index contributed by atoms with van der Waals surface area (Å²) in [6.07, 6.45) is 0. The van der Waals surface area contributed by atoms with E-state index in [-0.39, 0.29) is 23.7 Å². The number of hydrogen-bond donors (Lipinski definition) is 0. The van der Waals surface area contributed by atoms with Gasteiger partial charge < -0.3 is 19.3 Å². The molecule has 0 radical (unpaired) electrons. The Balaban J connectivity index is 1.60. The molecule has 2 amide bonds. The van der Waals surface area contributed by atoms with Crippen molar-refractivity contribution in [1.82, 2.24) is 9.80 Å². The molecule has 0 aliphatic carbocycles. The lowest BCUT2D eigenvalue weighted by Crippen LogP contribution is -2.45. The Hall–Kier alpha value is -2.57. The topological polar surface area (TPSA) is 59.1 Å². The third-order valence-electron chi connectivity index (χ3n) is 5.86. The van der Waals surface area contributed by atoms with Crippen molar-refractivity contribution in [2.24, 2.45) is 5.92 Å². The van der Waals surface area contributed by atoms with E-state index in [9.17, 15) is 9.59 Å². The van der Waals surface area contributed by atoms with Crippen molar-refractivity contribution in [1.29, 1.82) is 0 Å². The predicted octanol–water partition coefficient (Wildman–Crippen LogP) is 3.06. The van der Waals surface area contributed by atoms with Gasteiger partial charge in [-0.05, 0) is 35.9 Å². The number of ether oxygens (including phenoxy) is 2. The molecule has 2 saturated heterocycles. The Morgan fingerprint density at radius 1 is 1.03 bits per heavy atom. The average Bonchev–Trinajstić information content (AvgIpc) is 3.24. The smallest absolute Gasteiger partial charge is 0.253 e. The van der Waals surface area contributed by atoms with Crippen molar-refractivity contribution >= 4 is 23.4 Å². The number of carbonyl (C=O) groups excluding carboxylic acids is 2. The summed E-state index contributed by atoms with van der Waals surface area (Å²) < 4.78 is 10.7. The highest BCUT2D eigenvalue weighted by Gasteiger charge is 2.42. The lowest BCUT2D eigenvalue weighted by Gasteiger charge is -2.30. The highest BCUT2D eigenvalue weighted by molar-refractivity contribution is 6.30. The van der Waals surface area contributed by atoms with Gasteiger partial charge in [-0.15, -0.1) is 0 Å². The first-order valence-electron chi connectivity index (χ1n) is 10.1. The number of benzene rings is 2. The summed E-state index contributed by atoms with van der Waals surface area (Å²) in [5, 5.41) is 0.521. The molecule has 2 fully saturated rings. The van der Waals surface area contributed by atoms with Gasteiger partial charge >= 0.3 is 0 Å². The minimum atomic E-state index is -0.292. The number of carbonyl (C=O) groups is 2. The Labute approximate surface area is 181 Å². The Bertz CT molecular complexity index is 912. The molecule has 2 aliphatic heterocycles. The maximum absolute atomic E-state index is 13.4. The fourth-order valence-electron chi connectivity index (χ4n) is 4.23. The Kier molecular flexibility index (Phi) is 6.25. The summed E-state index contributed by atoms with van der Waals surface area (Å²) in [7, 11) is 1.63. The second-order valence-corrected chi connectivity index (χ2v) is 8.08. The molecule has 2 atom stereocenters. The molecular weight excluding hydrogens is 404 g/mol. The molecule has 0 bridgehead atoms. The van der Waals surface area contributed by atoms with Gasteiger partial charge in [-0.25, -0.2) is 0 Å². The molecule has 2 aliphatic rings. The van der Waals surface area contributed by atoms with Gasteiger partial charge in [-0.2, -0.15) is 0 Å². The number of amides is 2. The van der Waals surface area contributed by atoms with E-state index in [4.69, 9.17) is 21.1 Å². The fourth-order valence-corrected chi connectivity index (χ4v) is 4.42. The molecule has 7 heteroatoms. The summed E-state index contributed by atoms with van der Waals surface area (Å²) in [5.74, 6) is 0.377. The van der Waals surface area contributed by atoms with E-state index in [0.717, 1.165) is 11.3 Å². The molecule has 0 spiro atoms. The summed E-state index contributed by atoms with van der Waals surface area (Å²) in [6.45, 7) is 3.16. The van der Waals surface area contributed by atoms with Crippen LogP contribution in [0, 0.1) is 5.92 Å². The van der Waals surface area contributed by atoms with Crippen LogP contribution in [0.5, 0.6) is 5.75 Å². The fraction of sp³-hybridized carbons (Fsp3) is 0.391. The zero-order valence-corrected chi connectivity index (χ0v) is 17.7. The Morgan fingerprint density at radius 3 is 2.43 bits per heavy atom. The van der Waals surface area contributed by atoms with Crippen LogP contribution >= 0.6 is 11.6 Å². The van der Waals surface area contributed by atoms with Crippen LogP contribution in [0.1, 0.15) is 21.8 Å². The number of morpholine rings is 1.